The van der Waals surface area contributed by atoms with Gasteiger partial charge in [0.1, 0.15) is 0 Å². The molecule has 4 heteroatoms. The molecule has 1 aliphatic carbocycles. The third-order valence-corrected chi connectivity index (χ3v) is 4.53. The number of aliphatic hydroxyl groups excluding tert-OH is 1. The van der Waals surface area contributed by atoms with Crippen molar-refractivity contribution in [3.05, 3.63) is 22.4 Å². The van der Waals surface area contributed by atoms with E-state index in [1.165, 1.54) is 30.6 Å². The van der Waals surface area contributed by atoms with Crippen LogP contribution < -0.4 is 0 Å². The molecule has 18 heavy (non-hydrogen) atoms. The molecule has 1 aliphatic rings. The van der Waals surface area contributed by atoms with Crippen molar-refractivity contribution in [3.8, 4) is 0 Å². The van der Waals surface area contributed by atoms with Crippen LogP contribution in [0.2, 0.25) is 0 Å². The van der Waals surface area contributed by atoms with Crippen molar-refractivity contribution in [1.82, 2.24) is 4.90 Å². The van der Waals surface area contributed by atoms with Gasteiger partial charge in [0.05, 0.1) is 11.5 Å². The van der Waals surface area contributed by atoms with Gasteiger partial charge >= 0.3 is 0 Å². The molecule has 1 N–H and O–H groups in total. The summed E-state index contributed by atoms with van der Waals surface area (Å²) in [7, 11) is 0. The number of carbonyl (C=O) groups is 1. The number of rotatable bonds is 8. The van der Waals surface area contributed by atoms with Gasteiger partial charge in [-0.05, 0) is 37.3 Å². The van der Waals surface area contributed by atoms with Crippen molar-refractivity contribution in [2.45, 2.75) is 38.1 Å². The molecular weight excluding hydrogens is 246 g/mol. The summed E-state index contributed by atoms with van der Waals surface area (Å²) in [6.07, 6.45) is 5.32. The number of thiophene rings is 1. The van der Waals surface area contributed by atoms with E-state index in [0.717, 1.165) is 24.4 Å². The third-order valence-electron chi connectivity index (χ3n) is 3.62. The second kappa shape index (κ2) is 7.02. The van der Waals surface area contributed by atoms with Crippen molar-refractivity contribution in [1.29, 1.82) is 0 Å². The minimum atomic E-state index is 0.218. The maximum Gasteiger partial charge on any atom is 0.172 e. The highest BCUT2D eigenvalue weighted by molar-refractivity contribution is 7.12. The van der Waals surface area contributed by atoms with Crippen LogP contribution in [-0.4, -0.2) is 41.5 Å². The highest BCUT2D eigenvalue weighted by Crippen LogP contribution is 2.24. The summed E-state index contributed by atoms with van der Waals surface area (Å²) < 4.78 is 0. The zero-order valence-electron chi connectivity index (χ0n) is 10.7. The van der Waals surface area contributed by atoms with Crippen LogP contribution >= 0.6 is 11.3 Å². The summed E-state index contributed by atoms with van der Waals surface area (Å²) in [5.74, 6) is 0.252. The monoisotopic (exact) mass is 267 g/mol. The van der Waals surface area contributed by atoms with Crippen LogP contribution in [0.5, 0.6) is 0 Å². The van der Waals surface area contributed by atoms with Crippen LogP contribution in [0.1, 0.15) is 41.8 Å². The van der Waals surface area contributed by atoms with Gasteiger partial charge in [-0.15, -0.1) is 11.3 Å². The molecule has 0 saturated heterocycles. The predicted octanol–water partition coefficient (Wildman–Crippen LogP) is 2.56. The van der Waals surface area contributed by atoms with Crippen molar-refractivity contribution in [2.24, 2.45) is 0 Å². The largest absolute Gasteiger partial charge is 0.395 e. The summed E-state index contributed by atoms with van der Waals surface area (Å²) in [4.78, 5) is 15.0. The van der Waals surface area contributed by atoms with Crippen LogP contribution in [0.25, 0.3) is 0 Å². The quantitative estimate of drug-likeness (QED) is 0.736. The molecule has 1 saturated carbocycles. The summed E-state index contributed by atoms with van der Waals surface area (Å²) >= 11 is 1.52. The van der Waals surface area contributed by atoms with E-state index in [-0.39, 0.29) is 12.4 Å². The molecule has 0 radical (unpaired) electrons. The zero-order valence-corrected chi connectivity index (χ0v) is 11.5. The molecule has 0 aliphatic heterocycles. The Balaban J connectivity index is 1.71. The second-order valence-electron chi connectivity index (χ2n) is 4.85. The number of ketones is 1. The Morgan fingerprint density at radius 1 is 1.44 bits per heavy atom. The van der Waals surface area contributed by atoms with Crippen molar-refractivity contribution in [3.63, 3.8) is 0 Å². The first-order valence-electron chi connectivity index (χ1n) is 6.73. The average molecular weight is 267 g/mol. The maximum atomic E-state index is 11.8. The lowest BCUT2D eigenvalue weighted by atomic mass is 9.91. The molecule has 1 aromatic heterocycles. The summed E-state index contributed by atoms with van der Waals surface area (Å²) in [5.41, 5.74) is 0. The number of hydrogen-bond acceptors (Lipinski definition) is 4. The highest BCUT2D eigenvalue weighted by Gasteiger charge is 2.24. The van der Waals surface area contributed by atoms with Gasteiger partial charge in [-0.3, -0.25) is 9.69 Å². The van der Waals surface area contributed by atoms with E-state index >= 15 is 0 Å². The van der Waals surface area contributed by atoms with Gasteiger partial charge in [0, 0.05) is 19.0 Å². The molecule has 1 aromatic rings. The Kier molecular flexibility index (Phi) is 5.35. The molecule has 1 heterocycles. The zero-order chi connectivity index (χ0) is 12.8. The van der Waals surface area contributed by atoms with Crippen LogP contribution in [0.4, 0.5) is 0 Å². The van der Waals surface area contributed by atoms with Crippen LogP contribution in [0.3, 0.4) is 0 Å². The van der Waals surface area contributed by atoms with Gasteiger partial charge in [0.15, 0.2) is 5.78 Å². The van der Waals surface area contributed by atoms with Gasteiger partial charge in [0.25, 0.3) is 0 Å². The topological polar surface area (TPSA) is 40.5 Å². The Labute approximate surface area is 112 Å². The lowest BCUT2D eigenvalue weighted by Gasteiger charge is -2.37. The Bertz CT molecular complexity index is 360. The Morgan fingerprint density at radius 3 is 2.83 bits per heavy atom. The summed E-state index contributed by atoms with van der Waals surface area (Å²) in [6.45, 7) is 1.90. The molecule has 0 amide bonds. The number of hydrogen-bond donors (Lipinski definition) is 1. The predicted molar refractivity (Wildman–Crippen MR) is 74.2 cm³/mol. The van der Waals surface area contributed by atoms with E-state index in [0.29, 0.717) is 12.5 Å². The first-order chi connectivity index (χ1) is 8.81. The van der Waals surface area contributed by atoms with E-state index in [9.17, 15) is 4.79 Å². The highest BCUT2D eigenvalue weighted by atomic mass is 32.1. The van der Waals surface area contributed by atoms with E-state index in [1.54, 1.807) is 0 Å². The number of Topliss-reactive ketones (excluding diaryl/α,β-unsaturated/α-hetero) is 1. The molecule has 100 valence electrons. The minimum absolute atomic E-state index is 0.218. The molecular formula is C14H21NO2S. The molecule has 0 spiro atoms. The lowest BCUT2D eigenvalue weighted by Crippen LogP contribution is -2.42. The fourth-order valence-corrected chi connectivity index (χ4v) is 3.05. The Hall–Kier alpha value is -0.710. The number of aliphatic hydroxyl groups is 1. The summed E-state index contributed by atoms with van der Waals surface area (Å²) in [6, 6.07) is 4.46. The SMILES string of the molecule is O=C(CCCN(CCO)C1CCC1)c1cccs1. The molecule has 2 rings (SSSR count). The lowest BCUT2D eigenvalue weighted by molar-refractivity contribution is 0.0907. The van der Waals surface area contributed by atoms with E-state index in [1.807, 2.05) is 17.5 Å². The van der Waals surface area contributed by atoms with E-state index in [4.69, 9.17) is 5.11 Å². The van der Waals surface area contributed by atoms with Gasteiger partial charge in [-0.2, -0.15) is 0 Å². The van der Waals surface area contributed by atoms with Crippen LogP contribution in [-0.2, 0) is 0 Å². The normalized spacial score (nSPS) is 15.9. The maximum absolute atomic E-state index is 11.8. The van der Waals surface area contributed by atoms with Crippen LogP contribution in [0, 0.1) is 0 Å². The molecule has 3 nitrogen and oxygen atoms in total. The molecule has 0 aromatic carbocycles. The first-order valence-corrected chi connectivity index (χ1v) is 7.61. The summed E-state index contributed by atoms with van der Waals surface area (Å²) in [5, 5.41) is 11.0. The van der Waals surface area contributed by atoms with Gasteiger partial charge < -0.3 is 5.11 Å². The molecule has 0 unspecified atom stereocenters. The van der Waals surface area contributed by atoms with Crippen LogP contribution in [0.15, 0.2) is 17.5 Å². The standard InChI is InChI=1S/C14H21NO2S/c16-10-9-15(12-4-1-5-12)8-2-6-13(17)14-7-3-11-18-14/h3,7,11-12,16H,1-2,4-6,8-10H2. The Morgan fingerprint density at radius 2 is 2.28 bits per heavy atom. The van der Waals surface area contributed by atoms with E-state index < -0.39 is 0 Å². The van der Waals surface area contributed by atoms with Gasteiger partial charge in [0.2, 0.25) is 0 Å². The van der Waals surface area contributed by atoms with Crippen molar-refractivity contribution < 1.29 is 9.90 Å². The van der Waals surface area contributed by atoms with E-state index in [2.05, 4.69) is 4.90 Å². The second-order valence-corrected chi connectivity index (χ2v) is 5.80. The van der Waals surface area contributed by atoms with Gasteiger partial charge in [-0.25, -0.2) is 0 Å². The third kappa shape index (κ3) is 3.64. The molecule has 0 atom stereocenters. The number of carbonyl (C=O) groups excluding carboxylic acids is 1. The van der Waals surface area contributed by atoms with Gasteiger partial charge in [-0.1, -0.05) is 12.5 Å². The van der Waals surface area contributed by atoms with Crippen molar-refractivity contribution in [2.75, 3.05) is 19.7 Å². The smallest absolute Gasteiger partial charge is 0.172 e. The fourth-order valence-electron chi connectivity index (χ4n) is 2.36. The molecule has 1 fully saturated rings. The van der Waals surface area contributed by atoms with Crippen molar-refractivity contribution >= 4 is 17.1 Å². The number of nitrogens with zero attached hydrogens (tertiary/aromatic N) is 1. The fraction of sp³-hybridized carbons (Fsp3) is 0.643. The molecule has 0 bridgehead atoms. The average Bonchev–Trinajstić information content (AvgIpc) is 2.80. The minimum Gasteiger partial charge on any atom is -0.395 e. The first kappa shape index (κ1) is 13.7.